The van der Waals surface area contributed by atoms with Gasteiger partial charge in [0.15, 0.2) is 0 Å². The lowest BCUT2D eigenvalue weighted by molar-refractivity contribution is 0.282. The molecule has 3 heteroatoms. The van der Waals surface area contributed by atoms with E-state index in [1.807, 2.05) is 12.1 Å². The van der Waals surface area contributed by atoms with Crippen molar-refractivity contribution in [1.29, 1.82) is 5.26 Å². The monoisotopic (exact) mass is 244 g/mol. The lowest BCUT2D eigenvalue weighted by atomic mass is 9.93. The molecule has 3 nitrogen and oxygen atoms in total. The second-order valence-corrected chi connectivity index (χ2v) is 5.02. The summed E-state index contributed by atoms with van der Waals surface area (Å²) in [6.07, 6.45) is 6.32. The van der Waals surface area contributed by atoms with Crippen molar-refractivity contribution < 1.29 is 5.11 Å². The van der Waals surface area contributed by atoms with Crippen molar-refractivity contribution in [2.24, 2.45) is 0 Å². The van der Waals surface area contributed by atoms with Crippen LogP contribution in [0.3, 0.4) is 0 Å². The first-order valence-corrected chi connectivity index (χ1v) is 6.63. The zero-order valence-corrected chi connectivity index (χ0v) is 10.9. The minimum Gasteiger partial charge on any atom is -0.392 e. The van der Waals surface area contributed by atoms with Crippen molar-refractivity contribution in [2.75, 3.05) is 11.9 Å². The second kappa shape index (κ2) is 5.88. The molecule has 1 saturated carbocycles. The van der Waals surface area contributed by atoms with E-state index in [-0.39, 0.29) is 6.61 Å². The summed E-state index contributed by atoms with van der Waals surface area (Å²) in [6, 6.07) is 8.43. The van der Waals surface area contributed by atoms with E-state index in [2.05, 4.69) is 18.0 Å². The van der Waals surface area contributed by atoms with Crippen LogP contribution in [0.4, 0.5) is 5.69 Å². The van der Waals surface area contributed by atoms with Crippen molar-refractivity contribution in [3.8, 4) is 6.07 Å². The van der Waals surface area contributed by atoms with Crippen LogP contribution in [0.5, 0.6) is 0 Å². The number of anilines is 1. The van der Waals surface area contributed by atoms with Gasteiger partial charge in [-0.3, -0.25) is 0 Å². The van der Waals surface area contributed by atoms with E-state index in [0.29, 0.717) is 11.6 Å². The summed E-state index contributed by atoms with van der Waals surface area (Å²) in [6.45, 7) is -0.0118. The standard InChI is InChI=1S/C15H20N2O/c1-17(14-5-3-2-4-6-14)15-8-7-12(11-18)9-13(15)10-16/h7-9,14,18H,2-6,11H2,1H3. The molecule has 1 fully saturated rings. The summed E-state index contributed by atoms with van der Waals surface area (Å²) in [5.74, 6) is 0. The predicted octanol–water partition coefficient (Wildman–Crippen LogP) is 2.82. The highest BCUT2D eigenvalue weighted by atomic mass is 16.3. The number of hydrogen-bond acceptors (Lipinski definition) is 3. The third-order valence-electron chi connectivity index (χ3n) is 3.87. The molecule has 1 aromatic rings. The van der Waals surface area contributed by atoms with Crippen LogP contribution >= 0.6 is 0 Å². The third-order valence-corrected chi connectivity index (χ3v) is 3.87. The Kier molecular flexibility index (Phi) is 4.22. The normalized spacial score (nSPS) is 16.3. The van der Waals surface area contributed by atoms with Crippen LogP contribution < -0.4 is 4.90 Å². The topological polar surface area (TPSA) is 47.3 Å². The number of nitrogens with zero attached hydrogens (tertiary/aromatic N) is 2. The molecular weight excluding hydrogens is 224 g/mol. The fourth-order valence-electron chi connectivity index (χ4n) is 2.74. The van der Waals surface area contributed by atoms with Crippen molar-refractivity contribution in [3.05, 3.63) is 29.3 Å². The van der Waals surface area contributed by atoms with Gasteiger partial charge in [-0.05, 0) is 30.5 Å². The first-order chi connectivity index (χ1) is 8.76. The number of aliphatic hydroxyl groups excluding tert-OH is 1. The number of benzene rings is 1. The quantitative estimate of drug-likeness (QED) is 0.889. The van der Waals surface area contributed by atoms with Gasteiger partial charge in [-0.2, -0.15) is 5.26 Å². The molecule has 1 aliphatic carbocycles. The van der Waals surface area contributed by atoms with Gasteiger partial charge in [0.2, 0.25) is 0 Å². The molecular formula is C15H20N2O. The van der Waals surface area contributed by atoms with Crippen molar-refractivity contribution in [3.63, 3.8) is 0 Å². The first kappa shape index (κ1) is 12.9. The molecule has 0 spiro atoms. The van der Waals surface area contributed by atoms with Crippen molar-refractivity contribution in [1.82, 2.24) is 0 Å². The minimum absolute atomic E-state index is 0.0118. The highest BCUT2D eigenvalue weighted by Gasteiger charge is 2.20. The molecule has 0 amide bonds. The zero-order chi connectivity index (χ0) is 13.0. The van der Waals surface area contributed by atoms with Crippen LogP contribution in [-0.2, 0) is 6.61 Å². The van der Waals surface area contributed by atoms with Crippen molar-refractivity contribution in [2.45, 2.75) is 44.8 Å². The number of nitriles is 1. The molecule has 0 aliphatic heterocycles. The van der Waals surface area contributed by atoms with Gasteiger partial charge in [-0.15, -0.1) is 0 Å². The van der Waals surface area contributed by atoms with Gasteiger partial charge in [-0.1, -0.05) is 25.3 Å². The van der Waals surface area contributed by atoms with Gasteiger partial charge in [0.05, 0.1) is 17.9 Å². The van der Waals surface area contributed by atoms with Crippen LogP contribution in [0.1, 0.15) is 43.2 Å². The number of hydrogen-bond donors (Lipinski definition) is 1. The van der Waals surface area contributed by atoms with Gasteiger partial charge in [-0.25, -0.2) is 0 Å². The average Bonchev–Trinajstić information content (AvgIpc) is 2.46. The van der Waals surface area contributed by atoms with E-state index < -0.39 is 0 Å². The maximum Gasteiger partial charge on any atom is 0.101 e. The van der Waals surface area contributed by atoms with Crippen LogP contribution in [0.15, 0.2) is 18.2 Å². The molecule has 0 bridgehead atoms. The minimum atomic E-state index is -0.0118. The molecule has 0 radical (unpaired) electrons. The van der Waals surface area contributed by atoms with E-state index in [0.717, 1.165) is 11.3 Å². The summed E-state index contributed by atoms with van der Waals surface area (Å²) >= 11 is 0. The van der Waals surface area contributed by atoms with Crippen LogP contribution in [0, 0.1) is 11.3 Å². The molecule has 1 N–H and O–H groups in total. The molecule has 18 heavy (non-hydrogen) atoms. The van der Waals surface area contributed by atoms with Gasteiger partial charge in [0, 0.05) is 13.1 Å². The summed E-state index contributed by atoms with van der Waals surface area (Å²) in [7, 11) is 2.07. The lowest BCUT2D eigenvalue weighted by Crippen LogP contribution is -2.33. The molecule has 0 aromatic heterocycles. The maximum absolute atomic E-state index is 9.23. The Morgan fingerprint density at radius 2 is 2.06 bits per heavy atom. The fourth-order valence-corrected chi connectivity index (χ4v) is 2.74. The molecule has 0 saturated heterocycles. The van der Waals surface area contributed by atoms with Crippen LogP contribution in [-0.4, -0.2) is 18.2 Å². The third kappa shape index (κ3) is 2.65. The first-order valence-electron chi connectivity index (χ1n) is 6.63. The van der Waals surface area contributed by atoms with E-state index in [9.17, 15) is 5.26 Å². The van der Waals surface area contributed by atoms with Gasteiger partial charge >= 0.3 is 0 Å². The zero-order valence-electron chi connectivity index (χ0n) is 10.9. The number of aliphatic hydroxyl groups is 1. The van der Waals surface area contributed by atoms with Crippen LogP contribution in [0.2, 0.25) is 0 Å². The molecule has 96 valence electrons. The maximum atomic E-state index is 9.23. The Labute approximate surface area is 109 Å². The predicted molar refractivity (Wildman–Crippen MR) is 72.4 cm³/mol. The SMILES string of the molecule is CN(c1ccc(CO)cc1C#N)C1CCCCC1. The molecule has 0 heterocycles. The highest BCUT2D eigenvalue weighted by Crippen LogP contribution is 2.28. The fraction of sp³-hybridized carbons (Fsp3) is 0.533. The Balaban J connectivity index is 2.23. The number of rotatable bonds is 3. The van der Waals surface area contributed by atoms with Gasteiger partial charge in [0.1, 0.15) is 6.07 Å². The van der Waals surface area contributed by atoms with E-state index in [1.165, 1.54) is 32.1 Å². The summed E-state index contributed by atoms with van der Waals surface area (Å²) in [4.78, 5) is 2.23. The summed E-state index contributed by atoms with van der Waals surface area (Å²) < 4.78 is 0. The average molecular weight is 244 g/mol. The smallest absolute Gasteiger partial charge is 0.101 e. The Morgan fingerprint density at radius 1 is 1.33 bits per heavy atom. The van der Waals surface area contributed by atoms with Gasteiger partial charge < -0.3 is 10.0 Å². The second-order valence-electron chi connectivity index (χ2n) is 5.02. The summed E-state index contributed by atoms with van der Waals surface area (Å²) in [5, 5.41) is 18.3. The summed E-state index contributed by atoms with van der Waals surface area (Å²) in [5.41, 5.74) is 2.45. The molecule has 0 unspecified atom stereocenters. The van der Waals surface area contributed by atoms with E-state index >= 15 is 0 Å². The Morgan fingerprint density at radius 3 is 2.67 bits per heavy atom. The molecule has 2 rings (SSSR count). The molecule has 0 atom stereocenters. The lowest BCUT2D eigenvalue weighted by Gasteiger charge is -2.33. The van der Waals surface area contributed by atoms with Gasteiger partial charge in [0.25, 0.3) is 0 Å². The largest absolute Gasteiger partial charge is 0.392 e. The van der Waals surface area contributed by atoms with Crippen molar-refractivity contribution >= 4 is 5.69 Å². The Hall–Kier alpha value is -1.53. The highest BCUT2D eigenvalue weighted by molar-refractivity contribution is 5.60. The van der Waals surface area contributed by atoms with Crippen LogP contribution in [0.25, 0.3) is 0 Å². The molecule has 1 aliphatic rings. The van der Waals surface area contributed by atoms with E-state index in [4.69, 9.17) is 5.11 Å². The Bertz CT molecular complexity index is 444. The van der Waals surface area contributed by atoms with E-state index in [1.54, 1.807) is 6.07 Å². The molecule has 1 aromatic carbocycles.